The number of methoxy groups -OCH3 is 1. The lowest BCUT2D eigenvalue weighted by molar-refractivity contribution is 0.181. The van der Waals surface area contributed by atoms with Crippen molar-refractivity contribution in [1.82, 2.24) is 15.1 Å². The normalized spacial score (nSPS) is 21.1. The summed E-state index contributed by atoms with van der Waals surface area (Å²) in [5.74, 6) is 3.70. The summed E-state index contributed by atoms with van der Waals surface area (Å²) in [4.78, 5) is 0. The summed E-state index contributed by atoms with van der Waals surface area (Å²) >= 11 is 7.79. The van der Waals surface area contributed by atoms with Crippen LogP contribution in [0.1, 0.15) is 18.7 Å². The van der Waals surface area contributed by atoms with Gasteiger partial charge in [0, 0.05) is 29.6 Å². The minimum absolute atomic E-state index is 0.339. The Labute approximate surface area is 137 Å². The first-order chi connectivity index (χ1) is 9.77. The fourth-order valence-electron chi connectivity index (χ4n) is 2.36. The van der Waals surface area contributed by atoms with Crippen molar-refractivity contribution in [2.75, 3.05) is 37.5 Å². The van der Waals surface area contributed by atoms with Crippen molar-refractivity contribution < 1.29 is 4.74 Å². The van der Waals surface area contributed by atoms with Gasteiger partial charge in [-0.1, -0.05) is 6.92 Å². The van der Waals surface area contributed by atoms with E-state index in [1.54, 1.807) is 7.11 Å². The van der Waals surface area contributed by atoms with Crippen LogP contribution >= 0.6 is 39.5 Å². The van der Waals surface area contributed by atoms with E-state index in [2.05, 4.69) is 61.5 Å². The molecule has 2 heterocycles. The average Bonchev–Trinajstić information content (AvgIpc) is 2.84. The summed E-state index contributed by atoms with van der Waals surface area (Å²) in [5.41, 5.74) is 1.25. The van der Waals surface area contributed by atoms with Crippen molar-refractivity contribution in [2.24, 2.45) is 0 Å². The largest absolute Gasteiger partial charge is 0.383 e. The van der Waals surface area contributed by atoms with Gasteiger partial charge in [-0.2, -0.15) is 28.6 Å². The minimum Gasteiger partial charge on any atom is -0.383 e. The summed E-state index contributed by atoms with van der Waals surface area (Å²) < 4.78 is 8.35. The van der Waals surface area contributed by atoms with Crippen LogP contribution in [0, 0.1) is 0 Å². The van der Waals surface area contributed by atoms with E-state index in [9.17, 15) is 0 Å². The fraction of sp³-hybridized carbons (Fsp3) is 0.769. The molecule has 1 fully saturated rings. The van der Waals surface area contributed by atoms with E-state index >= 15 is 0 Å². The van der Waals surface area contributed by atoms with Crippen LogP contribution in [-0.4, -0.2) is 52.6 Å². The van der Waals surface area contributed by atoms with E-state index in [1.165, 1.54) is 23.0 Å². The summed E-state index contributed by atoms with van der Waals surface area (Å²) in [6.45, 7) is 4.61. The Kier molecular flexibility index (Phi) is 7.24. The van der Waals surface area contributed by atoms with E-state index in [0.717, 1.165) is 17.6 Å². The van der Waals surface area contributed by atoms with Crippen LogP contribution in [0.4, 0.5) is 0 Å². The Bertz CT molecular complexity index is 410. The highest BCUT2D eigenvalue weighted by molar-refractivity contribution is 9.10. The molecule has 2 unspecified atom stereocenters. The predicted molar refractivity (Wildman–Crippen MR) is 91.8 cm³/mol. The molecule has 1 aromatic rings. The quantitative estimate of drug-likeness (QED) is 0.788. The van der Waals surface area contributed by atoms with Crippen molar-refractivity contribution in [3.8, 4) is 0 Å². The van der Waals surface area contributed by atoms with Crippen LogP contribution in [0.25, 0.3) is 0 Å². The second kappa shape index (κ2) is 8.68. The van der Waals surface area contributed by atoms with Gasteiger partial charge >= 0.3 is 0 Å². The molecular weight excluding hydrogens is 358 g/mol. The third kappa shape index (κ3) is 4.16. The molecule has 0 aliphatic carbocycles. The summed E-state index contributed by atoms with van der Waals surface area (Å²) in [7, 11) is 1.73. The molecule has 1 aromatic heterocycles. The standard InChI is InChI=1S/C13H22BrN3OS2/c1-3-15-12(11-9-19-6-7-20-11)13-10(14)8-16-17(13)4-5-18-2/h8,11-12,15H,3-7,9H2,1-2H3. The van der Waals surface area contributed by atoms with Gasteiger partial charge in [-0.3, -0.25) is 4.68 Å². The molecule has 1 aliphatic rings. The molecule has 4 nitrogen and oxygen atoms in total. The molecule has 0 spiro atoms. The molecule has 0 bridgehead atoms. The van der Waals surface area contributed by atoms with Gasteiger partial charge in [0.25, 0.3) is 0 Å². The lowest BCUT2D eigenvalue weighted by atomic mass is 10.1. The lowest BCUT2D eigenvalue weighted by Gasteiger charge is -2.31. The van der Waals surface area contributed by atoms with Gasteiger partial charge in [-0.05, 0) is 22.5 Å². The molecule has 2 atom stereocenters. The van der Waals surface area contributed by atoms with Crippen molar-refractivity contribution in [3.63, 3.8) is 0 Å². The summed E-state index contributed by atoms with van der Waals surface area (Å²) in [5, 5.41) is 8.73. The van der Waals surface area contributed by atoms with Crippen molar-refractivity contribution in [2.45, 2.75) is 24.8 Å². The first kappa shape index (κ1) is 16.7. The van der Waals surface area contributed by atoms with Gasteiger partial charge < -0.3 is 10.1 Å². The molecule has 0 saturated carbocycles. The monoisotopic (exact) mass is 379 g/mol. The number of rotatable bonds is 7. The number of nitrogens with zero attached hydrogens (tertiary/aromatic N) is 2. The third-order valence-corrected chi connectivity index (χ3v) is 6.75. The lowest BCUT2D eigenvalue weighted by Crippen LogP contribution is -2.35. The molecule has 0 aromatic carbocycles. The average molecular weight is 380 g/mol. The topological polar surface area (TPSA) is 39.1 Å². The van der Waals surface area contributed by atoms with Crippen molar-refractivity contribution in [1.29, 1.82) is 0 Å². The smallest absolute Gasteiger partial charge is 0.0708 e. The number of halogens is 1. The van der Waals surface area contributed by atoms with Gasteiger partial charge in [-0.15, -0.1) is 0 Å². The Morgan fingerprint density at radius 2 is 2.45 bits per heavy atom. The zero-order valence-electron chi connectivity index (χ0n) is 12.0. The molecule has 2 rings (SSSR count). The van der Waals surface area contributed by atoms with Crippen LogP contribution in [0.15, 0.2) is 10.7 Å². The molecule has 114 valence electrons. The molecule has 7 heteroatoms. The van der Waals surface area contributed by atoms with E-state index in [0.29, 0.717) is 17.9 Å². The fourth-order valence-corrected chi connectivity index (χ4v) is 5.74. The summed E-state index contributed by atoms with van der Waals surface area (Å²) in [6.07, 6.45) is 1.90. The zero-order valence-corrected chi connectivity index (χ0v) is 15.2. The van der Waals surface area contributed by atoms with Crippen LogP contribution in [0.5, 0.6) is 0 Å². The second-order valence-electron chi connectivity index (χ2n) is 4.61. The highest BCUT2D eigenvalue weighted by atomic mass is 79.9. The first-order valence-corrected chi connectivity index (χ1v) is 9.90. The molecule has 1 aliphatic heterocycles. The molecule has 1 N–H and O–H groups in total. The number of hydrogen-bond acceptors (Lipinski definition) is 5. The number of ether oxygens (including phenoxy) is 1. The van der Waals surface area contributed by atoms with Gasteiger partial charge in [0.05, 0.1) is 35.6 Å². The maximum absolute atomic E-state index is 5.19. The zero-order chi connectivity index (χ0) is 14.4. The van der Waals surface area contributed by atoms with E-state index in [1.807, 2.05) is 6.20 Å². The number of hydrogen-bond donors (Lipinski definition) is 1. The predicted octanol–water partition coefficient (Wildman–Crippen LogP) is 2.79. The summed E-state index contributed by atoms with van der Waals surface area (Å²) in [6, 6.07) is 0.339. The van der Waals surface area contributed by atoms with E-state index < -0.39 is 0 Å². The maximum Gasteiger partial charge on any atom is 0.0708 e. The number of nitrogens with one attached hydrogen (secondary N) is 1. The molecule has 0 radical (unpaired) electrons. The van der Waals surface area contributed by atoms with Crippen LogP contribution in [0.2, 0.25) is 0 Å². The molecular formula is C13H22BrN3OS2. The van der Waals surface area contributed by atoms with E-state index in [-0.39, 0.29) is 0 Å². The van der Waals surface area contributed by atoms with Gasteiger partial charge in [0.1, 0.15) is 0 Å². The highest BCUT2D eigenvalue weighted by Crippen LogP contribution is 2.36. The molecule has 1 saturated heterocycles. The molecule has 20 heavy (non-hydrogen) atoms. The van der Waals surface area contributed by atoms with Crippen LogP contribution in [-0.2, 0) is 11.3 Å². The highest BCUT2D eigenvalue weighted by Gasteiger charge is 2.29. The Morgan fingerprint density at radius 3 is 3.10 bits per heavy atom. The Balaban J connectivity index is 2.20. The number of aromatic nitrogens is 2. The second-order valence-corrected chi connectivity index (χ2v) is 7.96. The Hall–Kier alpha value is 0.310. The van der Waals surface area contributed by atoms with Gasteiger partial charge in [0.2, 0.25) is 0 Å². The van der Waals surface area contributed by atoms with Crippen LogP contribution in [0.3, 0.4) is 0 Å². The SMILES string of the molecule is CCNC(c1c(Br)cnn1CCOC)C1CSCCS1. The Morgan fingerprint density at radius 1 is 1.60 bits per heavy atom. The van der Waals surface area contributed by atoms with Gasteiger partial charge in [0.15, 0.2) is 0 Å². The first-order valence-electron chi connectivity index (χ1n) is 6.90. The molecule has 0 amide bonds. The van der Waals surface area contributed by atoms with Gasteiger partial charge in [-0.25, -0.2) is 0 Å². The third-order valence-electron chi connectivity index (χ3n) is 3.27. The van der Waals surface area contributed by atoms with Crippen LogP contribution < -0.4 is 5.32 Å². The minimum atomic E-state index is 0.339. The van der Waals surface area contributed by atoms with Crippen molar-refractivity contribution >= 4 is 39.5 Å². The maximum atomic E-state index is 5.19. The van der Waals surface area contributed by atoms with E-state index in [4.69, 9.17) is 4.74 Å². The number of thioether (sulfide) groups is 2. The van der Waals surface area contributed by atoms with Crippen molar-refractivity contribution in [3.05, 3.63) is 16.4 Å².